The number of unbranched alkanes of at least 4 members (excludes halogenated alkanes) is 2. The standard InChI is InChI=1S/C15H21N3O2S.2H2O.H2/c1-3-5-6-9-21-15-16-10-11-7-8-12(20-4-2)14(19)17-13(11)18-15;;;/h8,10H,3-7,9H2,1-2H3,(H,16,17,18,19);2*1H2;1H. The summed E-state index contributed by atoms with van der Waals surface area (Å²) in [6.07, 6.45) is 7.75. The van der Waals surface area contributed by atoms with Crippen LogP contribution >= 0.6 is 11.8 Å². The molecule has 0 atom stereocenters. The molecule has 132 valence electrons. The number of aromatic nitrogens is 2. The van der Waals surface area contributed by atoms with Crippen molar-refractivity contribution in [2.45, 2.75) is 44.7 Å². The lowest BCUT2D eigenvalue weighted by Crippen LogP contribution is -2.16. The highest BCUT2D eigenvalue weighted by atomic mass is 32.2. The monoisotopic (exact) mass is 345 g/mol. The maximum Gasteiger partial charge on any atom is 0.291 e. The molecule has 1 aromatic heterocycles. The molecule has 1 aromatic rings. The first-order valence-corrected chi connectivity index (χ1v) is 8.36. The third-order valence-electron chi connectivity index (χ3n) is 3.08. The predicted octanol–water partition coefficient (Wildman–Crippen LogP) is 1.77. The number of nitrogens with one attached hydrogen (secondary N) is 1. The highest BCUT2D eigenvalue weighted by molar-refractivity contribution is 7.99. The minimum Gasteiger partial charge on any atom is -0.488 e. The number of allylic oxidation sites excluding steroid dienone is 1. The van der Waals surface area contributed by atoms with Crippen molar-refractivity contribution < 1.29 is 21.9 Å². The van der Waals surface area contributed by atoms with Crippen LogP contribution in [0.15, 0.2) is 23.2 Å². The van der Waals surface area contributed by atoms with E-state index in [1.165, 1.54) is 12.8 Å². The minimum absolute atomic E-state index is 0. The number of rotatable bonds is 7. The summed E-state index contributed by atoms with van der Waals surface area (Å²) in [5.74, 6) is 1.71. The van der Waals surface area contributed by atoms with Gasteiger partial charge in [-0.1, -0.05) is 31.5 Å². The Morgan fingerprint density at radius 3 is 2.83 bits per heavy atom. The molecule has 0 fully saturated rings. The molecule has 5 N–H and O–H groups in total. The van der Waals surface area contributed by atoms with E-state index in [1.807, 2.05) is 6.92 Å². The Bertz CT molecular complexity index is 543. The van der Waals surface area contributed by atoms with Crippen molar-refractivity contribution in [1.29, 1.82) is 0 Å². The molecule has 23 heavy (non-hydrogen) atoms. The lowest BCUT2D eigenvalue weighted by Gasteiger charge is -2.08. The fraction of sp³-hybridized carbons (Fsp3) is 0.533. The second kappa shape index (κ2) is 11.0. The number of fused-ring (bicyclic) bond motifs is 1. The van der Waals surface area contributed by atoms with Gasteiger partial charge in [-0.15, -0.1) is 0 Å². The van der Waals surface area contributed by atoms with Gasteiger partial charge in [0.2, 0.25) is 0 Å². The number of hydrogen-bond donors (Lipinski definition) is 1. The molecule has 0 aromatic carbocycles. The quantitative estimate of drug-likeness (QED) is 0.457. The van der Waals surface area contributed by atoms with Gasteiger partial charge in [-0.3, -0.25) is 4.79 Å². The number of carbonyl (C=O) groups is 1. The molecular formula is C15H27N3O4S. The van der Waals surface area contributed by atoms with Crippen molar-refractivity contribution in [3.8, 4) is 0 Å². The Morgan fingerprint density at radius 2 is 2.13 bits per heavy atom. The number of anilines is 1. The van der Waals surface area contributed by atoms with E-state index in [-0.39, 0.29) is 18.3 Å². The molecule has 0 aliphatic carbocycles. The average Bonchev–Trinajstić information content (AvgIpc) is 2.63. The summed E-state index contributed by atoms with van der Waals surface area (Å²) in [6, 6.07) is 0. The first-order chi connectivity index (χ1) is 10.2. The zero-order chi connectivity index (χ0) is 15.1. The number of amides is 1. The molecule has 7 nitrogen and oxygen atoms in total. The second-order valence-corrected chi connectivity index (χ2v) is 5.80. The van der Waals surface area contributed by atoms with Gasteiger partial charge in [-0.05, 0) is 25.8 Å². The third kappa shape index (κ3) is 6.17. The van der Waals surface area contributed by atoms with Crippen LogP contribution in [0.4, 0.5) is 5.82 Å². The summed E-state index contributed by atoms with van der Waals surface area (Å²) in [5, 5.41) is 3.52. The molecule has 2 rings (SSSR count). The fourth-order valence-corrected chi connectivity index (χ4v) is 2.79. The van der Waals surface area contributed by atoms with E-state index in [0.29, 0.717) is 29.8 Å². The van der Waals surface area contributed by atoms with Crippen LogP contribution in [0.1, 0.15) is 40.1 Å². The minimum atomic E-state index is -0.240. The molecule has 1 aliphatic rings. The lowest BCUT2D eigenvalue weighted by atomic mass is 10.2. The van der Waals surface area contributed by atoms with E-state index in [0.717, 1.165) is 17.7 Å². The van der Waals surface area contributed by atoms with Crippen LogP contribution in [0.3, 0.4) is 0 Å². The van der Waals surface area contributed by atoms with Gasteiger partial charge < -0.3 is 21.0 Å². The number of carbonyl (C=O) groups excluding carboxylic acids is 1. The predicted molar refractivity (Wildman–Crippen MR) is 93.7 cm³/mol. The molecule has 1 amide bonds. The van der Waals surface area contributed by atoms with Crippen molar-refractivity contribution in [2.75, 3.05) is 17.7 Å². The van der Waals surface area contributed by atoms with Gasteiger partial charge in [0.05, 0.1) is 6.61 Å². The van der Waals surface area contributed by atoms with Gasteiger partial charge in [-0.25, -0.2) is 9.97 Å². The van der Waals surface area contributed by atoms with Gasteiger partial charge >= 0.3 is 0 Å². The average molecular weight is 345 g/mol. The Balaban J connectivity index is 0. The van der Waals surface area contributed by atoms with E-state index >= 15 is 0 Å². The second-order valence-electron chi connectivity index (χ2n) is 4.74. The molecule has 0 unspecified atom stereocenters. The van der Waals surface area contributed by atoms with Crippen LogP contribution in [0.2, 0.25) is 0 Å². The van der Waals surface area contributed by atoms with Crippen LogP contribution in [0.25, 0.3) is 0 Å². The number of ether oxygens (including phenoxy) is 1. The summed E-state index contributed by atoms with van der Waals surface area (Å²) in [6.45, 7) is 4.51. The first kappa shape index (κ1) is 21.4. The first-order valence-electron chi connectivity index (χ1n) is 7.37. The Hall–Kier alpha value is -1.64. The summed E-state index contributed by atoms with van der Waals surface area (Å²) >= 11 is 1.63. The molecule has 0 bridgehead atoms. The van der Waals surface area contributed by atoms with Gasteiger partial charge in [-0.2, -0.15) is 0 Å². The Labute approximate surface area is 142 Å². The SMILES string of the molecule is CCCCCSc1ncc2c(n1)NC(=O)C(OCC)=CC2.O.O.[HH]. The van der Waals surface area contributed by atoms with E-state index in [9.17, 15) is 4.79 Å². The number of hydrogen-bond acceptors (Lipinski definition) is 5. The highest BCUT2D eigenvalue weighted by Crippen LogP contribution is 2.23. The molecule has 0 spiro atoms. The number of nitrogens with zero attached hydrogens (tertiary/aromatic N) is 2. The maximum absolute atomic E-state index is 12.0. The highest BCUT2D eigenvalue weighted by Gasteiger charge is 2.18. The van der Waals surface area contributed by atoms with Crippen molar-refractivity contribution in [3.05, 3.63) is 23.6 Å². The normalized spacial score (nSPS) is 12.8. The van der Waals surface area contributed by atoms with Crippen LogP contribution in [-0.4, -0.2) is 39.2 Å². The van der Waals surface area contributed by atoms with Crippen LogP contribution in [0.5, 0.6) is 0 Å². The maximum atomic E-state index is 12.0. The van der Waals surface area contributed by atoms with E-state index in [1.54, 1.807) is 24.0 Å². The topological polar surface area (TPSA) is 127 Å². The van der Waals surface area contributed by atoms with Crippen molar-refractivity contribution in [1.82, 2.24) is 9.97 Å². The largest absolute Gasteiger partial charge is 0.488 e. The van der Waals surface area contributed by atoms with Gasteiger partial charge in [0.25, 0.3) is 5.91 Å². The zero-order valence-corrected chi connectivity index (χ0v) is 14.3. The fourth-order valence-electron chi connectivity index (χ4n) is 1.98. The number of thioether (sulfide) groups is 1. The van der Waals surface area contributed by atoms with E-state index in [4.69, 9.17) is 4.74 Å². The van der Waals surface area contributed by atoms with Crippen molar-refractivity contribution in [3.63, 3.8) is 0 Å². The summed E-state index contributed by atoms with van der Waals surface area (Å²) in [7, 11) is 0. The Kier molecular flexibility index (Phi) is 10.2. The van der Waals surface area contributed by atoms with Crippen molar-refractivity contribution >= 4 is 23.5 Å². The van der Waals surface area contributed by atoms with Crippen LogP contribution in [-0.2, 0) is 16.0 Å². The van der Waals surface area contributed by atoms with E-state index in [2.05, 4.69) is 22.2 Å². The molecule has 2 heterocycles. The molecule has 0 saturated carbocycles. The molecular weight excluding hydrogens is 318 g/mol. The summed E-state index contributed by atoms with van der Waals surface area (Å²) in [5.41, 5.74) is 0.913. The Morgan fingerprint density at radius 1 is 1.35 bits per heavy atom. The van der Waals surface area contributed by atoms with Gasteiger partial charge in [0.1, 0.15) is 5.82 Å². The summed E-state index contributed by atoms with van der Waals surface area (Å²) in [4.78, 5) is 20.8. The zero-order valence-electron chi connectivity index (χ0n) is 13.5. The summed E-state index contributed by atoms with van der Waals surface area (Å²) < 4.78 is 5.32. The van der Waals surface area contributed by atoms with Crippen LogP contribution < -0.4 is 5.32 Å². The molecule has 1 aliphatic heterocycles. The smallest absolute Gasteiger partial charge is 0.291 e. The van der Waals surface area contributed by atoms with Gasteiger partial charge in [0, 0.05) is 18.9 Å². The molecule has 8 heteroatoms. The van der Waals surface area contributed by atoms with Crippen LogP contribution in [0, 0.1) is 0 Å². The molecule has 0 saturated heterocycles. The molecule has 0 radical (unpaired) electrons. The lowest BCUT2D eigenvalue weighted by molar-refractivity contribution is -0.116. The third-order valence-corrected chi connectivity index (χ3v) is 4.03. The van der Waals surface area contributed by atoms with E-state index < -0.39 is 0 Å². The van der Waals surface area contributed by atoms with Gasteiger partial charge in [0.15, 0.2) is 10.9 Å². The van der Waals surface area contributed by atoms with Crippen molar-refractivity contribution in [2.24, 2.45) is 0 Å².